The van der Waals surface area contributed by atoms with Gasteiger partial charge in [0.2, 0.25) is 0 Å². The van der Waals surface area contributed by atoms with E-state index in [-0.39, 0.29) is 21.4 Å². The van der Waals surface area contributed by atoms with E-state index in [0.717, 1.165) is 20.9 Å². The number of benzene rings is 2. The number of hydrogen-bond donors (Lipinski definition) is 1. The lowest BCUT2D eigenvalue weighted by molar-refractivity contribution is -0.384. The fraction of sp³-hybridized carbons (Fsp3) is 0.455. The van der Waals surface area contributed by atoms with Crippen molar-refractivity contribution in [3.05, 3.63) is 51.6 Å². The molecular weight excluding hydrogens is 372 g/mol. The average Bonchev–Trinajstić information content (AvgIpc) is 2.53. The van der Waals surface area contributed by atoms with Crippen molar-refractivity contribution in [2.75, 3.05) is 19.0 Å². The highest BCUT2D eigenvalue weighted by Gasteiger charge is 2.27. The zero-order valence-electron chi connectivity index (χ0n) is 18.0. The SMILES string of the molecule is CN(C)c1cc(Sc2cc(C(C)(C)C)c(O)c(C(C)(C)C)c2)ccc1[N+](=O)[O-]. The smallest absolute Gasteiger partial charge is 0.292 e. The Morgan fingerprint density at radius 3 is 1.82 bits per heavy atom. The fourth-order valence-electron chi connectivity index (χ4n) is 3.03. The molecule has 1 N–H and O–H groups in total. The molecule has 2 aromatic carbocycles. The lowest BCUT2D eigenvalue weighted by atomic mass is 9.79. The number of nitrogens with zero attached hydrogens (tertiary/aromatic N) is 2. The second kappa shape index (κ2) is 7.66. The molecule has 0 fully saturated rings. The summed E-state index contributed by atoms with van der Waals surface area (Å²) < 4.78 is 0. The Morgan fingerprint density at radius 1 is 0.929 bits per heavy atom. The van der Waals surface area contributed by atoms with E-state index in [2.05, 4.69) is 41.5 Å². The van der Waals surface area contributed by atoms with Crippen LogP contribution < -0.4 is 4.90 Å². The Bertz CT molecular complexity index is 859. The first-order valence-corrected chi connectivity index (χ1v) is 10.0. The summed E-state index contributed by atoms with van der Waals surface area (Å²) in [6.45, 7) is 12.5. The van der Waals surface area contributed by atoms with E-state index >= 15 is 0 Å². The quantitative estimate of drug-likeness (QED) is 0.493. The predicted molar refractivity (Wildman–Crippen MR) is 117 cm³/mol. The Balaban J connectivity index is 2.58. The number of aromatic hydroxyl groups is 1. The molecule has 0 saturated heterocycles. The predicted octanol–water partition coefficient (Wildman–Crippen LogP) is 6.11. The van der Waals surface area contributed by atoms with Crippen LogP contribution in [0.3, 0.4) is 0 Å². The molecule has 0 aliphatic rings. The third-order valence-electron chi connectivity index (χ3n) is 4.56. The molecule has 28 heavy (non-hydrogen) atoms. The molecule has 0 saturated carbocycles. The first-order chi connectivity index (χ1) is 12.7. The summed E-state index contributed by atoms with van der Waals surface area (Å²) in [6.07, 6.45) is 0. The van der Waals surface area contributed by atoms with E-state index in [1.807, 2.05) is 18.2 Å². The third-order valence-corrected chi connectivity index (χ3v) is 5.52. The minimum absolute atomic E-state index is 0.0887. The minimum Gasteiger partial charge on any atom is -0.507 e. The first-order valence-electron chi connectivity index (χ1n) is 9.23. The zero-order valence-corrected chi connectivity index (χ0v) is 18.8. The lowest BCUT2D eigenvalue weighted by Gasteiger charge is -2.28. The van der Waals surface area contributed by atoms with Crippen LogP contribution in [0.15, 0.2) is 40.1 Å². The summed E-state index contributed by atoms with van der Waals surface area (Å²) in [5, 5.41) is 22.2. The monoisotopic (exact) mass is 402 g/mol. The van der Waals surface area contributed by atoms with Gasteiger partial charge >= 0.3 is 0 Å². The highest BCUT2D eigenvalue weighted by Crippen LogP contribution is 2.43. The molecule has 0 heterocycles. The van der Waals surface area contributed by atoms with E-state index in [9.17, 15) is 15.2 Å². The van der Waals surface area contributed by atoms with Crippen molar-refractivity contribution in [1.82, 2.24) is 0 Å². The van der Waals surface area contributed by atoms with Crippen LogP contribution in [0, 0.1) is 10.1 Å². The summed E-state index contributed by atoms with van der Waals surface area (Å²) in [5.41, 5.74) is 2.05. The Kier molecular flexibility index (Phi) is 6.04. The number of nitro benzene ring substituents is 1. The summed E-state index contributed by atoms with van der Waals surface area (Å²) in [4.78, 5) is 14.6. The molecular formula is C22H30N2O3S. The van der Waals surface area contributed by atoms with Gasteiger partial charge in [0, 0.05) is 41.1 Å². The largest absolute Gasteiger partial charge is 0.507 e. The van der Waals surface area contributed by atoms with Crippen molar-refractivity contribution in [3.8, 4) is 5.75 Å². The Labute approximate surface area is 171 Å². The highest BCUT2D eigenvalue weighted by molar-refractivity contribution is 7.99. The molecule has 0 aliphatic carbocycles. The highest BCUT2D eigenvalue weighted by atomic mass is 32.2. The maximum absolute atomic E-state index is 11.3. The zero-order chi connectivity index (χ0) is 21.4. The van der Waals surface area contributed by atoms with Gasteiger partial charge in [-0.1, -0.05) is 53.3 Å². The van der Waals surface area contributed by atoms with Gasteiger partial charge in [0.1, 0.15) is 11.4 Å². The van der Waals surface area contributed by atoms with Crippen molar-refractivity contribution in [2.24, 2.45) is 0 Å². The van der Waals surface area contributed by atoms with Crippen LogP contribution in [0.5, 0.6) is 5.75 Å². The molecule has 0 atom stereocenters. The van der Waals surface area contributed by atoms with Gasteiger partial charge < -0.3 is 10.0 Å². The number of phenolic OH excluding ortho intramolecular Hbond substituents is 1. The van der Waals surface area contributed by atoms with Crippen molar-refractivity contribution >= 4 is 23.1 Å². The van der Waals surface area contributed by atoms with Crippen LogP contribution in [-0.4, -0.2) is 24.1 Å². The summed E-state index contributed by atoms with van der Waals surface area (Å²) in [6, 6.07) is 9.20. The van der Waals surface area contributed by atoms with Gasteiger partial charge in [0.25, 0.3) is 5.69 Å². The number of hydrogen-bond acceptors (Lipinski definition) is 5. The number of phenols is 1. The second-order valence-corrected chi connectivity index (χ2v) is 10.4. The number of rotatable bonds is 4. The molecule has 0 spiro atoms. The van der Waals surface area contributed by atoms with Crippen molar-refractivity contribution in [3.63, 3.8) is 0 Å². The number of nitro groups is 1. The van der Waals surface area contributed by atoms with Crippen LogP contribution in [0.4, 0.5) is 11.4 Å². The summed E-state index contributed by atoms with van der Waals surface area (Å²) in [5.74, 6) is 0.349. The van der Waals surface area contributed by atoms with E-state index in [1.165, 1.54) is 0 Å². The molecule has 0 unspecified atom stereocenters. The molecule has 0 amide bonds. The Morgan fingerprint density at radius 2 is 1.43 bits per heavy atom. The van der Waals surface area contributed by atoms with E-state index in [1.54, 1.807) is 42.9 Å². The van der Waals surface area contributed by atoms with E-state index in [0.29, 0.717) is 11.4 Å². The van der Waals surface area contributed by atoms with Crippen molar-refractivity contribution in [2.45, 2.75) is 62.2 Å². The first kappa shape index (κ1) is 22.1. The van der Waals surface area contributed by atoms with Crippen LogP contribution >= 0.6 is 11.8 Å². The Hall–Kier alpha value is -2.21. The van der Waals surface area contributed by atoms with Crippen LogP contribution in [-0.2, 0) is 10.8 Å². The van der Waals surface area contributed by atoms with Crippen molar-refractivity contribution in [1.29, 1.82) is 0 Å². The van der Waals surface area contributed by atoms with E-state index in [4.69, 9.17) is 0 Å². The molecule has 2 rings (SSSR count). The van der Waals surface area contributed by atoms with Gasteiger partial charge in [-0.15, -0.1) is 0 Å². The molecule has 6 heteroatoms. The van der Waals surface area contributed by atoms with Gasteiger partial charge in [-0.25, -0.2) is 0 Å². The molecule has 5 nitrogen and oxygen atoms in total. The molecule has 0 radical (unpaired) electrons. The second-order valence-electron chi connectivity index (χ2n) is 9.27. The maximum Gasteiger partial charge on any atom is 0.292 e. The third kappa shape index (κ3) is 4.79. The molecule has 0 bridgehead atoms. The topological polar surface area (TPSA) is 66.6 Å². The van der Waals surface area contributed by atoms with Crippen LogP contribution in [0.2, 0.25) is 0 Å². The number of anilines is 1. The van der Waals surface area contributed by atoms with Gasteiger partial charge in [-0.2, -0.15) is 0 Å². The molecule has 0 aliphatic heterocycles. The molecule has 2 aromatic rings. The summed E-state index contributed by atoms with van der Waals surface area (Å²) in [7, 11) is 3.60. The lowest BCUT2D eigenvalue weighted by Crippen LogP contribution is -2.17. The average molecular weight is 403 g/mol. The van der Waals surface area contributed by atoms with E-state index < -0.39 is 0 Å². The van der Waals surface area contributed by atoms with Crippen LogP contribution in [0.25, 0.3) is 0 Å². The van der Waals surface area contributed by atoms with Gasteiger partial charge in [-0.05, 0) is 35.1 Å². The summed E-state index contributed by atoms with van der Waals surface area (Å²) >= 11 is 1.55. The molecule has 0 aromatic heterocycles. The maximum atomic E-state index is 11.3. The minimum atomic E-state index is -0.361. The normalized spacial score (nSPS) is 12.1. The molecule has 152 valence electrons. The van der Waals surface area contributed by atoms with Gasteiger partial charge in [0.05, 0.1) is 4.92 Å². The fourth-order valence-corrected chi connectivity index (χ4v) is 3.96. The van der Waals surface area contributed by atoms with Gasteiger partial charge in [0.15, 0.2) is 0 Å². The standard InChI is InChI=1S/C22H30N2O3S/c1-21(2,3)16-11-15(12-17(20(16)25)22(4,5)6)28-14-9-10-18(24(26)27)19(13-14)23(7)8/h9-13,25H,1-8H3. The van der Waals surface area contributed by atoms with Crippen molar-refractivity contribution < 1.29 is 10.0 Å². The van der Waals surface area contributed by atoms with Gasteiger partial charge in [-0.3, -0.25) is 10.1 Å². The van der Waals surface area contributed by atoms with Crippen LogP contribution in [0.1, 0.15) is 52.7 Å².